The molecule has 0 aliphatic carbocycles. The van der Waals surface area contributed by atoms with Crippen LogP contribution in [0.4, 0.5) is 11.5 Å². The van der Waals surface area contributed by atoms with Crippen molar-refractivity contribution in [3.8, 4) is 0 Å². The largest absolute Gasteiger partial charge is 0.395 e. The third-order valence-electron chi connectivity index (χ3n) is 3.98. The molecule has 0 saturated heterocycles. The van der Waals surface area contributed by atoms with Crippen LogP contribution in [0.25, 0.3) is 0 Å². The Kier molecular flexibility index (Phi) is 6.81. The van der Waals surface area contributed by atoms with Crippen molar-refractivity contribution in [2.45, 2.75) is 32.9 Å². The van der Waals surface area contributed by atoms with Gasteiger partial charge in [-0.1, -0.05) is 30.3 Å². The fourth-order valence-electron chi connectivity index (χ4n) is 2.72. The molecule has 8 nitrogen and oxygen atoms in total. The van der Waals surface area contributed by atoms with Gasteiger partial charge in [0.2, 0.25) is 0 Å². The van der Waals surface area contributed by atoms with Gasteiger partial charge in [-0.05, 0) is 26.3 Å². The summed E-state index contributed by atoms with van der Waals surface area (Å²) in [5.74, 6) is 0.0665. The predicted molar refractivity (Wildman–Crippen MR) is 106 cm³/mol. The normalized spacial score (nSPS) is 11.6. The fraction of sp³-hybridized carbons (Fsp3) is 0.474. The van der Waals surface area contributed by atoms with Crippen LogP contribution in [-0.2, 0) is 11.3 Å². The maximum Gasteiger partial charge on any atom is 0.330 e. The van der Waals surface area contributed by atoms with E-state index in [9.17, 15) is 14.7 Å². The molecule has 0 fully saturated rings. The van der Waals surface area contributed by atoms with Gasteiger partial charge in [-0.25, -0.2) is 4.79 Å². The molecule has 148 valence electrons. The maximum absolute atomic E-state index is 12.4. The van der Waals surface area contributed by atoms with E-state index in [1.54, 1.807) is 4.90 Å². The van der Waals surface area contributed by atoms with Crippen LogP contribution in [0.15, 0.2) is 39.9 Å². The Balaban J connectivity index is 2.36. The highest BCUT2D eigenvalue weighted by Gasteiger charge is 2.20. The van der Waals surface area contributed by atoms with Gasteiger partial charge in [0, 0.05) is 13.1 Å². The van der Waals surface area contributed by atoms with Crippen LogP contribution in [0, 0.1) is 0 Å². The number of hydrogen-bond donors (Lipinski definition) is 3. The zero-order valence-electron chi connectivity index (χ0n) is 16.1. The van der Waals surface area contributed by atoms with Crippen molar-refractivity contribution in [2.24, 2.45) is 0 Å². The van der Waals surface area contributed by atoms with Crippen molar-refractivity contribution in [1.82, 2.24) is 9.55 Å². The summed E-state index contributed by atoms with van der Waals surface area (Å²) in [6.07, 6.45) is 0. The van der Waals surface area contributed by atoms with Crippen LogP contribution in [0.1, 0.15) is 26.3 Å². The number of H-pyrrole nitrogens is 1. The molecule has 1 aromatic carbocycles. The third-order valence-corrected chi connectivity index (χ3v) is 3.98. The Morgan fingerprint density at radius 1 is 1.19 bits per heavy atom. The quantitative estimate of drug-likeness (QED) is 0.627. The fourth-order valence-corrected chi connectivity index (χ4v) is 2.72. The standard InChI is InChI=1S/C19H28N4O4/c1-19(2,3)27-12-10-22(9-11-24)15-16(20)23(18(26)21-17(15)25)13-14-7-5-4-6-8-14/h4-8,24H,9-13,20H2,1-3H3,(H,21,25,26). The molecule has 0 saturated carbocycles. The number of nitrogens with one attached hydrogen (secondary N) is 1. The highest BCUT2D eigenvalue weighted by atomic mass is 16.5. The summed E-state index contributed by atoms with van der Waals surface area (Å²) in [5.41, 5.74) is 5.78. The molecule has 0 aliphatic heterocycles. The van der Waals surface area contributed by atoms with Crippen LogP contribution >= 0.6 is 0 Å². The Morgan fingerprint density at radius 2 is 1.85 bits per heavy atom. The van der Waals surface area contributed by atoms with Gasteiger partial charge in [-0.15, -0.1) is 0 Å². The molecule has 27 heavy (non-hydrogen) atoms. The summed E-state index contributed by atoms with van der Waals surface area (Å²) < 4.78 is 7.03. The molecule has 2 rings (SSSR count). The summed E-state index contributed by atoms with van der Waals surface area (Å²) >= 11 is 0. The number of aromatic nitrogens is 2. The summed E-state index contributed by atoms with van der Waals surface area (Å²) in [6, 6.07) is 9.36. The van der Waals surface area contributed by atoms with E-state index in [0.29, 0.717) is 13.2 Å². The Hall–Kier alpha value is -2.58. The first-order valence-electron chi connectivity index (χ1n) is 8.89. The molecular weight excluding hydrogens is 348 g/mol. The molecule has 8 heteroatoms. The SMILES string of the molecule is CC(C)(C)OCCN(CCO)c1c(N)n(Cc2ccccc2)c(=O)[nH]c1=O. The third kappa shape index (κ3) is 5.70. The molecule has 2 aromatic rings. The number of nitrogens with zero attached hydrogens (tertiary/aromatic N) is 2. The summed E-state index contributed by atoms with van der Waals surface area (Å²) in [6.45, 7) is 6.78. The highest BCUT2D eigenvalue weighted by molar-refractivity contribution is 5.62. The Morgan fingerprint density at radius 3 is 2.44 bits per heavy atom. The minimum absolute atomic E-state index is 0.0665. The van der Waals surface area contributed by atoms with Crippen molar-refractivity contribution in [1.29, 1.82) is 0 Å². The van der Waals surface area contributed by atoms with Gasteiger partial charge in [0.25, 0.3) is 5.56 Å². The zero-order valence-corrected chi connectivity index (χ0v) is 16.1. The van der Waals surface area contributed by atoms with Gasteiger partial charge >= 0.3 is 5.69 Å². The van der Waals surface area contributed by atoms with Crippen LogP contribution in [-0.4, -0.2) is 46.6 Å². The van der Waals surface area contributed by atoms with E-state index in [-0.39, 0.29) is 36.8 Å². The summed E-state index contributed by atoms with van der Waals surface area (Å²) in [7, 11) is 0. The molecule has 0 atom stereocenters. The number of aromatic amines is 1. The molecule has 4 N–H and O–H groups in total. The first kappa shape index (κ1) is 20.7. The molecule has 0 spiro atoms. The van der Waals surface area contributed by atoms with E-state index in [2.05, 4.69) is 4.98 Å². The number of benzene rings is 1. The lowest BCUT2D eigenvalue weighted by Crippen LogP contribution is -2.41. The van der Waals surface area contributed by atoms with Crippen LogP contribution in [0.3, 0.4) is 0 Å². The maximum atomic E-state index is 12.4. The lowest BCUT2D eigenvalue weighted by atomic mass is 10.2. The van der Waals surface area contributed by atoms with Crippen molar-refractivity contribution >= 4 is 11.5 Å². The highest BCUT2D eigenvalue weighted by Crippen LogP contribution is 2.18. The minimum Gasteiger partial charge on any atom is -0.395 e. The number of aliphatic hydroxyl groups excluding tert-OH is 1. The van der Waals surface area contributed by atoms with Gasteiger partial charge in [-0.2, -0.15) is 0 Å². The van der Waals surface area contributed by atoms with Crippen LogP contribution in [0.5, 0.6) is 0 Å². The first-order chi connectivity index (χ1) is 12.7. The second-order valence-electron chi connectivity index (χ2n) is 7.24. The number of nitrogen functional groups attached to an aromatic ring is 1. The average molecular weight is 376 g/mol. The number of hydrogen-bond acceptors (Lipinski definition) is 6. The number of aliphatic hydroxyl groups is 1. The Labute approximate surface area is 158 Å². The van der Waals surface area contributed by atoms with E-state index in [0.717, 1.165) is 5.56 Å². The number of ether oxygens (including phenoxy) is 1. The summed E-state index contributed by atoms with van der Waals surface area (Å²) in [4.78, 5) is 28.7. The predicted octanol–water partition coefficient (Wildman–Crippen LogP) is 0.781. The molecule has 0 radical (unpaired) electrons. The monoisotopic (exact) mass is 376 g/mol. The zero-order chi connectivity index (χ0) is 20.0. The number of rotatable bonds is 8. The molecule has 0 unspecified atom stereocenters. The van der Waals surface area contributed by atoms with Crippen molar-refractivity contribution in [2.75, 3.05) is 36.9 Å². The van der Waals surface area contributed by atoms with E-state index in [1.165, 1.54) is 4.57 Å². The smallest absolute Gasteiger partial charge is 0.330 e. The molecule has 0 bridgehead atoms. The second kappa shape index (κ2) is 8.88. The molecule has 0 amide bonds. The topological polar surface area (TPSA) is 114 Å². The van der Waals surface area contributed by atoms with Crippen molar-refractivity contribution < 1.29 is 9.84 Å². The van der Waals surface area contributed by atoms with Gasteiger partial charge in [0.05, 0.1) is 25.4 Å². The number of anilines is 2. The average Bonchev–Trinajstić information content (AvgIpc) is 2.58. The lowest BCUT2D eigenvalue weighted by Gasteiger charge is -2.27. The van der Waals surface area contributed by atoms with Crippen molar-refractivity contribution in [3.05, 3.63) is 56.7 Å². The second-order valence-corrected chi connectivity index (χ2v) is 7.24. The van der Waals surface area contributed by atoms with E-state index >= 15 is 0 Å². The van der Waals surface area contributed by atoms with Gasteiger partial charge in [-0.3, -0.25) is 14.3 Å². The Bertz CT molecular complexity index is 853. The van der Waals surface area contributed by atoms with E-state index in [1.807, 2.05) is 51.1 Å². The van der Waals surface area contributed by atoms with Gasteiger partial charge in [0.1, 0.15) is 11.5 Å². The van der Waals surface area contributed by atoms with Crippen LogP contribution < -0.4 is 21.9 Å². The van der Waals surface area contributed by atoms with Gasteiger partial charge < -0.3 is 20.5 Å². The molecule has 1 heterocycles. The van der Waals surface area contributed by atoms with Crippen LogP contribution in [0.2, 0.25) is 0 Å². The van der Waals surface area contributed by atoms with E-state index in [4.69, 9.17) is 10.5 Å². The first-order valence-corrected chi connectivity index (χ1v) is 8.89. The lowest BCUT2D eigenvalue weighted by molar-refractivity contribution is 0.00121. The van der Waals surface area contributed by atoms with E-state index < -0.39 is 11.2 Å². The molecule has 0 aliphatic rings. The van der Waals surface area contributed by atoms with Gasteiger partial charge in [0.15, 0.2) is 0 Å². The molecule has 1 aromatic heterocycles. The summed E-state index contributed by atoms with van der Waals surface area (Å²) in [5, 5.41) is 9.39. The minimum atomic E-state index is -0.578. The molecular formula is C19H28N4O4. The number of nitrogens with two attached hydrogens (primary N) is 1. The van der Waals surface area contributed by atoms with Crippen molar-refractivity contribution in [3.63, 3.8) is 0 Å².